The number of carboxylic acids is 1. The summed E-state index contributed by atoms with van der Waals surface area (Å²) in [6.45, 7) is 17.2. The molecule has 0 atom stereocenters. The zero-order valence-corrected chi connectivity index (χ0v) is 25.5. The van der Waals surface area contributed by atoms with E-state index in [0.717, 1.165) is 35.1 Å². The molecule has 0 radical (unpaired) electrons. The molecule has 40 heavy (non-hydrogen) atoms. The van der Waals surface area contributed by atoms with Crippen LogP contribution in [0.2, 0.25) is 0 Å². The zero-order valence-electron chi connectivity index (χ0n) is 25.5. The van der Waals surface area contributed by atoms with E-state index in [9.17, 15) is 19.1 Å². The third kappa shape index (κ3) is 11.7. The van der Waals surface area contributed by atoms with E-state index in [1.54, 1.807) is 26.8 Å². The summed E-state index contributed by atoms with van der Waals surface area (Å²) in [4.78, 5) is 22.1. The van der Waals surface area contributed by atoms with E-state index in [1.165, 1.54) is 47.4 Å². The van der Waals surface area contributed by atoms with Crippen molar-refractivity contribution in [3.63, 3.8) is 0 Å². The maximum Gasteiger partial charge on any atom is 0.307 e. The molecule has 2 N–H and O–H groups in total. The second-order valence-electron chi connectivity index (χ2n) is 10.9. The Kier molecular flexibility index (Phi) is 13.7. The van der Waals surface area contributed by atoms with Crippen LogP contribution in [-0.2, 0) is 24.1 Å². The minimum Gasteiger partial charge on any atom is -0.481 e. The Hall–Kier alpha value is -3.57. The highest BCUT2D eigenvalue weighted by Crippen LogP contribution is 2.30. The van der Waals surface area contributed by atoms with Gasteiger partial charge in [0.05, 0.1) is 12.0 Å². The molecule has 0 aliphatic heterocycles. The number of hydrogen-bond donors (Lipinski definition) is 2. The number of aryl methyl sites for hydroxylation is 1. The molecule has 3 aromatic carbocycles. The average molecular weight is 549 g/mol. The number of aliphatic carboxylic acids is 1. The second kappa shape index (κ2) is 15.9. The molecule has 0 spiro atoms. The van der Waals surface area contributed by atoms with Crippen LogP contribution in [0, 0.1) is 26.6 Å². The first-order chi connectivity index (χ1) is 18.6. The summed E-state index contributed by atoms with van der Waals surface area (Å²) in [6, 6.07) is 14.0. The van der Waals surface area contributed by atoms with Gasteiger partial charge in [-0.3, -0.25) is 9.59 Å². The van der Waals surface area contributed by atoms with Gasteiger partial charge in [-0.25, -0.2) is 4.39 Å². The molecule has 0 bridgehead atoms. The van der Waals surface area contributed by atoms with Gasteiger partial charge in [0.1, 0.15) is 5.82 Å². The Morgan fingerprint density at radius 1 is 0.850 bits per heavy atom. The smallest absolute Gasteiger partial charge is 0.307 e. The van der Waals surface area contributed by atoms with Crippen molar-refractivity contribution < 1.29 is 24.2 Å². The number of halogens is 1. The molecule has 3 rings (SSSR count). The quantitative estimate of drug-likeness (QED) is 0.230. The van der Waals surface area contributed by atoms with Crippen LogP contribution in [0.25, 0.3) is 12.2 Å². The van der Waals surface area contributed by atoms with Crippen LogP contribution in [-0.4, -0.2) is 27.6 Å². The van der Waals surface area contributed by atoms with E-state index in [4.69, 9.17) is 5.11 Å². The summed E-state index contributed by atoms with van der Waals surface area (Å²) in [5.41, 5.74) is 9.30. The fraction of sp³-hybridized carbons (Fsp3) is 0.371. The van der Waals surface area contributed by atoms with E-state index in [1.807, 2.05) is 0 Å². The molecule has 0 unspecified atom stereocenters. The van der Waals surface area contributed by atoms with Gasteiger partial charge in [-0.05, 0) is 112 Å². The van der Waals surface area contributed by atoms with Gasteiger partial charge in [0.2, 0.25) is 0 Å². The van der Waals surface area contributed by atoms with Crippen molar-refractivity contribution in [2.75, 3.05) is 0 Å². The Morgan fingerprint density at radius 3 is 1.80 bits per heavy atom. The van der Waals surface area contributed by atoms with E-state index in [-0.39, 0.29) is 18.0 Å². The van der Waals surface area contributed by atoms with Crippen molar-refractivity contribution in [2.45, 2.75) is 87.2 Å². The first kappa shape index (κ1) is 34.5. The Balaban J connectivity index is 0.000000436. The third-order valence-corrected chi connectivity index (χ3v) is 6.24. The van der Waals surface area contributed by atoms with E-state index in [0.29, 0.717) is 5.56 Å². The summed E-state index contributed by atoms with van der Waals surface area (Å²) in [6.07, 6.45) is 6.14. The van der Waals surface area contributed by atoms with Crippen molar-refractivity contribution in [3.05, 3.63) is 104 Å². The fourth-order valence-corrected chi connectivity index (χ4v) is 4.35. The largest absolute Gasteiger partial charge is 0.481 e. The number of hydrogen-bond acceptors (Lipinski definition) is 3. The molecular weight excluding hydrogens is 503 g/mol. The molecule has 0 saturated heterocycles. The van der Waals surface area contributed by atoms with E-state index in [2.05, 4.69) is 71.0 Å². The average Bonchev–Trinajstić information content (AvgIpc) is 2.85. The predicted octanol–water partition coefficient (Wildman–Crippen LogP) is 8.34. The number of rotatable bonds is 7. The summed E-state index contributed by atoms with van der Waals surface area (Å²) in [7, 11) is 0. The summed E-state index contributed by atoms with van der Waals surface area (Å²) < 4.78 is 12.4. The van der Waals surface area contributed by atoms with E-state index < -0.39 is 11.6 Å². The van der Waals surface area contributed by atoms with Gasteiger partial charge in [-0.1, -0.05) is 68.0 Å². The van der Waals surface area contributed by atoms with Crippen LogP contribution in [0.1, 0.15) is 96.4 Å². The number of ketones is 1. The van der Waals surface area contributed by atoms with Crippen molar-refractivity contribution in [2.24, 2.45) is 0 Å². The lowest BCUT2D eigenvalue weighted by Gasteiger charge is -2.21. The molecule has 0 aromatic heterocycles. The highest BCUT2D eigenvalue weighted by atomic mass is 19.1. The summed E-state index contributed by atoms with van der Waals surface area (Å²) in [5.74, 6) is -1.26. The molecule has 216 valence electrons. The minimum absolute atomic E-state index is 0.0667. The highest BCUT2D eigenvalue weighted by Gasteiger charge is 2.18. The standard InChI is InChI=1S/C23H28O2.C8H7FO.C4H10O/c1-6-19-16(4)21(13-12-18-10-8-15(3)9-11-18)22(14-23(24)25)17(5)20(19)7-2;1-6(10)7-3-2-4-8(9)5-7;1-4(2,3)5/h8-13H,6-7,14H2,1-5H3,(H,24,25);2-5H,1H3;5H,1-3H3/b13-12+;;. The van der Waals surface area contributed by atoms with Gasteiger partial charge in [-0.15, -0.1) is 0 Å². The lowest BCUT2D eigenvalue weighted by atomic mass is 9.84. The van der Waals surface area contributed by atoms with Gasteiger partial charge >= 0.3 is 5.97 Å². The Bertz CT molecular complexity index is 1310. The monoisotopic (exact) mass is 548 g/mol. The van der Waals surface area contributed by atoms with E-state index >= 15 is 0 Å². The van der Waals surface area contributed by atoms with Crippen molar-refractivity contribution in [3.8, 4) is 0 Å². The molecule has 5 heteroatoms. The van der Waals surface area contributed by atoms with Crippen molar-refractivity contribution >= 4 is 23.9 Å². The molecule has 0 saturated carbocycles. The summed E-state index contributed by atoms with van der Waals surface area (Å²) in [5, 5.41) is 17.9. The number of carbonyl (C=O) groups is 2. The maximum atomic E-state index is 12.4. The number of aliphatic hydroxyl groups is 1. The molecule has 0 heterocycles. The zero-order chi connectivity index (χ0) is 30.6. The van der Waals surface area contributed by atoms with Gasteiger partial charge < -0.3 is 10.2 Å². The van der Waals surface area contributed by atoms with Crippen LogP contribution >= 0.6 is 0 Å². The van der Waals surface area contributed by atoms with Gasteiger partial charge in [0.25, 0.3) is 0 Å². The lowest BCUT2D eigenvalue weighted by molar-refractivity contribution is -0.136. The van der Waals surface area contributed by atoms with Crippen LogP contribution in [0.4, 0.5) is 4.39 Å². The number of Topliss-reactive ketones (excluding diaryl/α,β-unsaturated/α-hetero) is 1. The van der Waals surface area contributed by atoms with Gasteiger partial charge in [0, 0.05) is 5.56 Å². The Labute approximate surface area is 239 Å². The van der Waals surface area contributed by atoms with Crippen molar-refractivity contribution in [1.29, 1.82) is 0 Å². The van der Waals surface area contributed by atoms with Gasteiger partial charge in [-0.2, -0.15) is 0 Å². The Morgan fingerprint density at radius 2 is 1.38 bits per heavy atom. The first-order valence-corrected chi connectivity index (χ1v) is 13.7. The number of benzene rings is 3. The highest BCUT2D eigenvalue weighted by molar-refractivity contribution is 5.93. The molecule has 0 aliphatic carbocycles. The molecule has 0 fully saturated rings. The lowest BCUT2D eigenvalue weighted by Crippen LogP contribution is -2.11. The predicted molar refractivity (Wildman–Crippen MR) is 164 cm³/mol. The second-order valence-corrected chi connectivity index (χ2v) is 10.9. The molecule has 4 nitrogen and oxygen atoms in total. The fourth-order valence-electron chi connectivity index (χ4n) is 4.35. The topological polar surface area (TPSA) is 74.6 Å². The van der Waals surface area contributed by atoms with Crippen molar-refractivity contribution in [1.82, 2.24) is 0 Å². The number of carboxylic acid groups (broad SMARTS) is 1. The van der Waals surface area contributed by atoms with Gasteiger partial charge in [0.15, 0.2) is 5.78 Å². The maximum absolute atomic E-state index is 12.4. The van der Waals surface area contributed by atoms with Crippen LogP contribution < -0.4 is 0 Å². The molecular formula is C35H45FO4. The molecule has 0 aliphatic rings. The van der Waals surface area contributed by atoms with Crippen LogP contribution in [0.15, 0.2) is 48.5 Å². The minimum atomic E-state index is -0.779. The van der Waals surface area contributed by atoms with Crippen LogP contribution in [0.3, 0.4) is 0 Å². The summed E-state index contributed by atoms with van der Waals surface area (Å²) >= 11 is 0. The van der Waals surface area contributed by atoms with Crippen LogP contribution in [0.5, 0.6) is 0 Å². The molecule has 3 aromatic rings. The first-order valence-electron chi connectivity index (χ1n) is 13.7. The molecule has 0 amide bonds. The number of carbonyl (C=O) groups excluding carboxylic acids is 1. The third-order valence-electron chi connectivity index (χ3n) is 6.24. The SMILES string of the molecule is CC(=O)c1cccc(F)c1.CC(C)(C)O.CCc1c(C)c(/C=C/c2ccc(C)cc2)c(CC(=O)O)c(C)c1CC. The normalized spacial score (nSPS) is 10.9.